The second-order valence-electron chi connectivity index (χ2n) is 13.7. The van der Waals surface area contributed by atoms with Crippen molar-refractivity contribution in [3.05, 3.63) is 24.3 Å². The highest BCUT2D eigenvalue weighted by atomic mass is 16.6. The van der Waals surface area contributed by atoms with Crippen LogP contribution in [0.4, 0.5) is 0 Å². The average Bonchev–Trinajstić information content (AvgIpc) is 3.95. The number of carbonyl (C=O) groups is 2. The van der Waals surface area contributed by atoms with E-state index in [1.807, 2.05) is 6.92 Å². The van der Waals surface area contributed by atoms with Crippen LogP contribution < -0.4 is 10.6 Å². The van der Waals surface area contributed by atoms with E-state index < -0.39 is 0 Å². The van der Waals surface area contributed by atoms with Crippen LogP contribution >= 0.6 is 0 Å². The summed E-state index contributed by atoms with van der Waals surface area (Å²) in [5, 5.41) is 6.02. The molecule has 2 amide bonds. The van der Waals surface area contributed by atoms with Crippen LogP contribution in [0.1, 0.15) is 175 Å². The predicted molar refractivity (Wildman–Crippen MR) is 188 cm³/mol. The Hall–Kier alpha value is -1.66. The van der Waals surface area contributed by atoms with E-state index in [0.29, 0.717) is 43.8 Å². The van der Waals surface area contributed by atoms with Gasteiger partial charge in [-0.2, -0.15) is 0 Å². The second-order valence-corrected chi connectivity index (χ2v) is 13.7. The Kier molecular flexibility index (Phi) is 23.2. The predicted octanol–water partition coefficient (Wildman–Crippen LogP) is 9.66. The van der Waals surface area contributed by atoms with E-state index in [-0.39, 0.29) is 17.9 Å². The number of unbranched alkanes of at least 4 members (excludes halogenated alkanes) is 14. The van der Waals surface area contributed by atoms with Gasteiger partial charge in [-0.15, -0.1) is 0 Å². The van der Waals surface area contributed by atoms with Crippen molar-refractivity contribution in [1.82, 2.24) is 10.6 Å². The first-order chi connectivity index (χ1) is 22.0. The summed E-state index contributed by atoms with van der Waals surface area (Å²) in [7, 11) is 0. The number of epoxide rings is 2. The van der Waals surface area contributed by atoms with Gasteiger partial charge < -0.3 is 20.1 Å². The zero-order chi connectivity index (χ0) is 32.4. The lowest BCUT2D eigenvalue weighted by Gasteiger charge is -2.15. The van der Waals surface area contributed by atoms with E-state index in [0.717, 1.165) is 51.4 Å². The molecule has 0 aliphatic carbocycles. The molecule has 0 aromatic carbocycles. The quantitative estimate of drug-likeness (QED) is 0.0454. The standard InChI is InChI=1S/C39H70N2O4/c1-4-6-20-26-34-36(44-34)28-22-16-12-8-10-14-18-24-30-38(42)40-32-33(3)41-39(43)31-25-19-15-11-9-13-17-23-29-37-35(45-37)27-21-7-5-2/h16-17,22-23,33-37H,4-15,18-21,24-32H2,1-3H3,(H,40,42)(H,41,43)/t33?,34-,35-,36+,37+/m1/s1. The second kappa shape index (κ2) is 26.4. The molecule has 2 saturated heterocycles. The van der Waals surface area contributed by atoms with Gasteiger partial charge in [0.15, 0.2) is 0 Å². The lowest BCUT2D eigenvalue weighted by Crippen LogP contribution is -2.41. The molecule has 2 rings (SSSR count). The van der Waals surface area contributed by atoms with E-state index in [9.17, 15) is 9.59 Å². The van der Waals surface area contributed by atoms with Crippen LogP contribution in [0, 0.1) is 0 Å². The summed E-state index contributed by atoms with van der Waals surface area (Å²) in [5.74, 6) is 0.189. The molecular weight excluding hydrogens is 560 g/mol. The monoisotopic (exact) mass is 631 g/mol. The third-order valence-corrected chi connectivity index (χ3v) is 9.19. The van der Waals surface area contributed by atoms with E-state index in [1.165, 1.54) is 89.9 Å². The SMILES string of the molecule is CCCCC[C@H]1O[C@H]1CC=CCCCCCCCC(=O)NCC(C)NC(=O)CCCCCCCC=CC[C@@H]1O[C@@H]1CCCCC. The summed E-state index contributed by atoms with van der Waals surface area (Å²) in [6.45, 7) is 6.96. The van der Waals surface area contributed by atoms with Crippen molar-refractivity contribution in [3.63, 3.8) is 0 Å². The molecule has 0 aromatic heterocycles. The van der Waals surface area contributed by atoms with Crippen LogP contribution in [-0.4, -0.2) is 48.8 Å². The molecule has 260 valence electrons. The maximum absolute atomic E-state index is 12.3. The first-order valence-corrected chi connectivity index (χ1v) is 19.2. The first-order valence-electron chi connectivity index (χ1n) is 19.2. The zero-order valence-electron chi connectivity index (χ0n) is 29.5. The summed E-state index contributed by atoms with van der Waals surface area (Å²) in [6.07, 6.45) is 38.4. The number of amides is 2. The fraction of sp³-hybridized carbons (Fsp3) is 0.846. The minimum absolute atomic E-state index is 0.0348. The van der Waals surface area contributed by atoms with Gasteiger partial charge in [-0.1, -0.05) is 115 Å². The minimum atomic E-state index is -0.0348. The average molecular weight is 631 g/mol. The fourth-order valence-electron chi connectivity index (χ4n) is 6.08. The summed E-state index contributed by atoms with van der Waals surface area (Å²) in [5.41, 5.74) is 0. The number of hydrogen-bond acceptors (Lipinski definition) is 4. The normalized spacial score (nSPS) is 21.4. The van der Waals surface area contributed by atoms with Gasteiger partial charge in [0, 0.05) is 25.4 Å². The van der Waals surface area contributed by atoms with Crippen molar-refractivity contribution < 1.29 is 19.1 Å². The molecule has 2 N–H and O–H groups in total. The minimum Gasteiger partial charge on any atom is -0.369 e. The van der Waals surface area contributed by atoms with Crippen LogP contribution in [0.3, 0.4) is 0 Å². The molecule has 2 aliphatic heterocycles. The Bertz CT molecular complexity index is 813. The van der Waals surface area contributed by atoms with Gasteiger partial charge in [-0.25, -0.2) is 0 Å². The largest absolute Gasteiger partial charge is 0.369 e. The molecule has 0 bridgehead atoms. The smallest absolute Gasteiger partial charge is 0.220 e. The van der Waals surface area contributed by atoms with E-state index in [4.69, 9.17) is 9.47 Å². The number of hydrogen-bond donors (Lipinski definition) is 2. The summed E-state index contributed by atoms with van der Waals surface area (Å²) >= 11 is 0. The molecule has 0 saturated carbocycles. The van der Waals surface area contributed by atoms with Gasteiger partial charge in [0.1, 0.15) is 0 Å². The van der Waals surface area contributed by atoms with Crippen molar-refractivity contribution in [2.24, 2.45) is 0 Å². The molecule has 0 radical (unpaired) electrons. The third-order valence-electron chi connectivity index (χ3n) is 9.19. The molecule has 0 spiro atoms. The van der Waals surface area contributed by atoms with E-state index in [2.05, 4.69) is 48.8 Å². The number of ether oxygens (including phenoxy) is 2. The van der Waals surface area contributed by atoms with Gasteiger partial charge in [0.05, 0.1) is 24.4 Å². The highest BCUT2D eigenvalue weighted by molar-refractivity contribution is 5.77. The van der Waals surface area contributed by atoms with Gasteiger partial charge in [-0.3, -0.25) is 9.59 Å². The highest BCUT2D eigenvalue weighted by Crippen LogP contribution is 2.31. The van der Waals surface area contributed by atoms with Crippen molar-refractivity contribution in [1.29, 1.82) is 0 Å². The van der Waals surface area contributed by atoms with Gasteiger partial charge in [0.25, 0.3) is 0 Å². The van der Waals surface area contributed by atoms with Crippen molar-refractivity contribution in [3.8, 4) is 0 Å². The fourth-order valence-corrected chi connectivity index (χ4v) is 6.08. The Balaban J connectivity index is 1.29. The number of carbonyl (C=O) groups excluding carboxylic acids is 2. The van der Waals surface area contributed by atoms with Crippen LogP contribution in [-0.2, 0) is 19.1 Å². The highest BCUT2D eigenvalue weighted by Gasteiger charge is 2.37. The Morgan fingerprint density at radius 1 is 0.578 bits per heavy atom. The number of rotatable bonds is 31. The number of nitrogens with one attached hydrogen (secondary N) is 2. The van der Waals surface area contributed by atoms with Gasteiger partial charge in [-0.05, 0) is 71.1 Å². The summed E-state index contributed by atoms with van der Waals surface area (Å²) in [6, 6.07) is -0.0348. The molecule has 6 heteroatoms. The lowest BCUT2D eigenvalue weighted by atomic mass is 10.1. The summed E-state index contributed by atoms with van der Waals surface area (Å²) in [4.78, 5) is 24.4. The molecule has 5 atom stereocenters. The molecule has 2 heterocycles. The maximum atomic E-state index is 12.3. The van der Waals surface area contributed by atoms with Gasteiger partial charge in [0.2, 0.25) is 11.8 Å². The molecule has 2 fully saturated rings. The maximum Gasteiger partial charge on any atom is 0.220 e. The number of allylic oxidation sites excluding steroid dienone is 2. The topological polar surface area (TPSA) is 83.3 Å². The third kappa shape index (κ3) is 22.5. The molecule has 0 aromatic rings. The van der Waals surface area contributed by atoms with Crippen LogP contribution in [0.2, 0.25) is 0 Å². The van der Waals surface area contributed by atoms with Crippen molar-refractivity contribution in [2.45, 2.75) is 205 Å². The Labute approximate surface area is 277 Å². The van der Waals surface area contributed by atoms with Crippen LogP contribution in [0.5, 0.6) is 0 Å². The Morgan fingerprint density at radius 2 is 1.04 bits per heavy atom. The van der Waals surface area contributed by atoms with Crippen LogP contribution in [0.25, 0.3) is 0 Å². The van der Waals surface area contributed by atoms with Gasteiger partial charge >= 0.3 is 0 Å². The van der Waals surface area contributed by atoms with Crippen molar-refractivity contribution in [2.75, 3.05) is 6.54 Å². The summed E-state index contributed by atoms with van der Waals surface area (Å²) < 4.78 is 11.5. The molecule has 6 nitrogen and oxygen atoms in total. The zero-order valence-corrected chi connectivity index (χ0v) is 29.5. The van der Waals surface area contributed by atoms with Crippen molar-refractivity contribution >= 4 is 11.8 Å². The molecule has 45 heavy (non-hydrogen) atoms. The van der Waals surface area contributed by atoms with E-state index in [1.54, 1.807) is 0 Å². The molecule has 1 unspecified atom stereocenters. The Morgan fingerprint density at radius 3 is 1.56 bits per heavy atom. The first kappa shape index (κ1) is 39.5. The molecule has 2 aliphatic rings. The van der Waals surface area contributed by atoms with Crippen LogP contribution in [0.15, 0.2) is 24.3 Å². The van der Waals surface area contributed by atoms with E-state index >= 15 is 0 Å². The molecular formula is C39H70N2O4. The lowest BCUT2D eigenvalue weighted by molar-refractivity contribution is -0.123.